The lowest BCUT2D eigenvalue weighted by atomic mass is 10.0. The Labute approximate surface area is 108 Å². The normalized spacial score (nSPS) is 19.4. The predicted octanol–water partition coefficient (Wildman–Crippen LogP) is 2.46. The second kappa shape index (κ2) is 6.45. The van der Waals surface area contributed by atoms with Crippen molar-refractivity contribution in [2.45, 2.75) is 76.9 Å². The second-order valence-corrected chi connectivity index (χ2v) is 5.19. The van der Waals surface area contributed by atoms with E-state index in [1.165, 1.54) is 0 Å². The van der Waals surface area contributed by atoms with Gasteiger partial charge in [-0.3, -0.25) is 4.79 Å². The Balaban J connectivity index is 2.63. The van der Waals surface area contributed by atoms with Gasteiger partial charge in [0.15, 0.2) is 0 Å². The molecule has 5 heteroatoms. The topological polar surface area (TPSA) is 41.1 Å². The molecule has 0 radical (unpaired) electrons. The van der Waals surface area contributed by atoms with Crippen LogP contribution in [0.15, 0.2) is 0 Å². The summed E-state index contributed by atoms with van der Waals surface area (Å²) in [5.41, 5.74) is 0. The van der Waals surface area contributed by atoms with Crippen LogP contribution in [0.5, 0.6) is 0 Å². The van der Waals surface area contributed by atoms with Gasteiger partial charge in [-0.05, 0) is 32.6 Å². The summed E-state index contributed by atoms with van der Waals surface area (Å²) >= 11 is 0. The zero-order valence-corrected chi connectivity index (χ0v) is 11.4. The van der Waals surface area contributed by atoms with Crippen molar-refractivity contribution in [1.82, 2.24) is 10.6 Å². The van der Waals surface area contributed by atoms with Crippen molar-refractivity contribution in [3.8, 4) is 0 Å². The fraction of sp³-hybridized carbons (Fsp3) is 0.923. The highest BCUT2D eigenvalue weighted by atomic mass is 19.3. The van der Waals surface area contributed by atoms with Crippen molar-refractivity contribution < 1.29 is 13.6 Å². The van der Waals surface area contributed by atoms with E-state index in [2.05, 4.69) is 10.6 Å². The largest absolute Gasteiger partial charge is 0.348 e. The number of alkyl halides is 2. The Hall–Kier alpha value is -0.710. The quantitative estimate of drug-likeness (QED) is 0.705. The van der Waals surface area contributed by atoms with Crippen LogP contribution in [0.25, 0.3) is 0 Å². The molecule has 0 heterocycles. The fourth-order valence-electron chi connectivity index (χ4n) is 1.79. The van der Waals surface area contributed by atoms with E-state index in [0.29, 0.717) is 12.8 Å². The fourth-order valence-corrected chi connectivity index (χ4v) is 1.79. The van der Waals surface area contributed by atoms with Crippen molar-refractivity contribution >= 4 is 5.91 Å². The molecule has 1 fully saturated rings. The Morgan fingerprint density at radius 2 is 2.00 bits per heavy atom. The summed E-state index contributed by atoms with van der Waals surface area (Å²) < 4.78 is 28.2. The molecule has 0 bridgehead atoms. The van der Waals surface area contributed by atoms with Crippen LogP contribution in [0.1, 0.15) is 52.9 Å². The first kappa shape index (κ1) is 15.3. The number of hydrogen-bond donors (Lipinski definition) is 2. The van der Waals surface area contributed by atoms with Crippen LogP contribution in [0.4, 0.5) is 8.78 Å². The van der Waals surface area contributed by atoms with E-state index in [4.69, 9.17) is 0 Å². The SMILES string of the molecule is CCCC(N[C@H](C)CC)C(F)(F)C(=O)NC1CC1. The lowest BCUT2D eigenvalue weighted by molar-refractivity contribution is -0.151. The molecular weight excluding hydrogens is 238 g/mol. The third-order valence-electron chi connectivity index (χ3n) is 3.33. The van der Waals surface area contributed by atoms with Gasteiger partial charge in [-0.15, -0.1) is 0 Å². The summed E-state index contributed by atoms with van der Waals surface area (Å²) in [7, 11) is 0. The first-order chi connectivity index (χ1) is 8.41. The maximum Gasteiger partial charge on any atom is 0.339 e. The van der Waals surface area contributed by atoms with Crippen LogP contribution in [0.2, 0.25) is 0 Å². The number of rotatable bonds is 8. The van der Waals surface area contributed by atoms with Gasteiger partial charge in [-0.2, -0.15) is 8.78 Å². The molecule has 106 valence electrons. The van der Waals surface area contributed by atoms with Gasteiger partial charge in [-0.1, -0.05) is 20.3 Å². The molecular formula is C13H24F2N2O. The Morgan fingerprint density at radius 3 is 2.44 bits per heavy atom. The number of amides is 1. The van der Waals surface area contributed by atoms with E-state index >= 15 is 0 Å². The third-order valence-corrected chi connectivity index (χ3v) is 3.33. The van der Waals surface area contributed by atoms with Gasteiger partial charge in [0.05, 0.1) is 6.04 Å². The van der Waals surface area contributed by atoms with Crippen LogP contribution in [0, 0.1) is 0 Å². The van der Waals surface area contributed by atoms with E-state index in [1.807, 2.05) is 20.8 Å². The molecule has 1 unspecified atom stereocenters. The molecule has 0 aromatic heterocycles. The van der Waals surface area contributed by atoms with Crippen molar-refractivity contribution in [2.24, 2.45) is 0 Å². The van der Waals surface area contributed by atoms with E-state index in [-0.39, 0.29) is 12.1 Å². The molecule has 1 saturated carbocycles. The molecule has 3 nitrogen and oxygen atoms in total. The monoisotopic (exact) mass is 262 g/mol. The van der Waals surface area contributed by atoms with Gasteiger partial charge in [0, 0.05) is 12.1 Å². The van der Waals surface area contributed by atoms with Crippen LogP contribution < -0.4 is 10.6 Å². The molecule has 2 N–H and O–H groups in total. The van der Waals surface area contributed by atoms with E-state index in [9.17, 15) is 13.6 Å². The molecule has 1 amide bonds. The van der Waals surface area contributed by atoms with Gasteiger partial charge in [0.1, 0.15) is 0 Å². The Bertz CT molecular complexity index is 280. The minimum atomic E-state index is -3.33. The van der Waals surface area contributed by atoms with Crippen LogP contribution in [-0.4, -0.2) is 30.0 Å². The second-order valence-electron chi connectivity index (χ2n) is 5.19. The number of carbonyl (C=O) groups excluding carboxylic acids is 1. The highest BCUT2D eigenvalue weighted by Crippen LogP contribution is 2.26. The lowest BCUT2D eigenvalue weighted by Gasteiger charge is -2.29. The van der Waals surface area contributed by atoms with Crippen LogP contribution in [0.3, 0.4) is 0 Å². The van der Waals surface area contributed by atoms with Gasteiger partial charge in [0.2, 0.25) is 0 Å². The lowest BCUT2D eigenvalue weighted by Crippen LogP contribution is -2.56. The molecule has 1 aliphatic rings. The standard InChI is InChI=1S/C13H24F2N2O/c1-4-6-11(16-9(3)5-2)13(14,15)12(18)17-10-7-8-10/h9-11,16H,4-8H2,1-3H3,(H,17,18)/t9-,11?/m1/s1. The summed E-state index contributed by atoms with van der Waals surface area (Å²) in [6.45, 7) is 5.64. The van der Waals surface area contributed by atoms with Crippen molar-refractivity contribution in [3.05, 3.63) is 0 Å². The number of nitrogens with one attached hydrogen (secondary N) is 2. The van der Waals surface area contributed by atoms with Gasteiger partial charge >= 0.3 is 5.92 Å². The van der Waals surface area contributed by atoms with Crippen LogP contribution >= 0.6 is 0 Å². The third kappa shape index (κ3) is 4.19. The van der Waals surface area contributed by atoms with E-state index in [1.54, 1.807) is 0 Å². The Kier molecular flexibility index (Phi) is 5.50. The molecule has 0 saturated heterocycles. The van der Waals surface area contributed by atoms with Crippen molar-refractivity contribution in [3.63, 3.8) is 0 Å². The number of carbonyl (C=O) groups is 1. The smallest absolute Gasteiger partial charge is 0.339 e. The van der Waals surface area contributed by atoms with Crippen molar-refractivity contribution in [1.29, 1.82) is 0 Å². The summed E-state index contributed by atoms with van der Waals surface area (Å²) in [5, 5.41) is 5.27. The van der Waals surface area contributed by atoms with Gasteiger partial charge in [-0.25, -0.2) is 0 Å². The number of halogens is 2. The average Bonchev–Trinajstić information content (AvgIpc) is 3.11. The molecule has 0 aromatic rings. The maximum absolute atomic E-state index is 14.1. The summed E-state index contributed by atoms with van der Waals surface area (Å²) in [6, 6.07) is -1.12. The Morgan fingerprint density at radius 1 is 1.39 bits per heavy atom. The molecule has 1 rings (SSSR count). The first-order valence-electron chi connectivity index (χ1n) is 6.86. The zero-order chi connectivity index (χ0) is 13.8. The van der Waals surface area contributed by atoms with Crippen molar-refractivity contribution in [2.75, 3.05) is 0 Å². The number of hydrogen-bond acceptors (Lipinski definition) is 2. The van der Waals surface area contributed by atoms with Crippen LogP contribution in [-0.2, 0) is 4.79 Å². The highest BCUT2D eigenvalue weighted by molar-refractivity contribution is 5.84. The predicted molar refractivity (Wildman–Crippen MR) is 67.7 cm³/mol. The minimum absolute atomic E-state index is 0.0128. The highest BCUT2D eigenvalue weighted by Gasteiger charge is 2.48. The molecule has 2 atom stereocenters. The summed E-state index contributed by atoms with van der Waals surface area (Å²) in [5.74, 6) is -4.46. The zero-order valence-electron chi connectivity index (χ0n) is 11.4. The summed E-state index contributed by atoms with van der Waals surface area (Å²) in [6.07, 6.45) is 3.33. The van der Waals surface area contributed by atoms with Gasteiger partial charge < -0.3 is 10.6 Å². The summed E-state index contributed by atoms with van der Waals surface area (Å²) in [4.78, 5) is 11.6. The molecule has 0 spiro atoms. The molecule has 0 aromatic carbocycles. The average molecular weight is 262 g/mol. The molecule has 1 aliphatic carbocycles. The molecule has 18 heavy (non-hydrogen) atoms. The first-order valence-corrected chi connectivity index (χ1v) is 6.86. The minimum Gasteiger partial charge on any atom is -0.348 e. The molecule has 0 aliphatic heterocycles. The van der Waals surface area contributed by atoms with E-state index < -0.39 is 17.9 Å². The maximum atomic E-state index is 14.1. The van der Waals surface area contributed by atoms with E-state index in [0.717, 1.165) is 19.3 Å². The van der Waals surface area contributed by atoms with Gasteiger partial charge in [0.25, 0.3) is 5.91 Å².